The van der Waals surface area contributed by atoms with Crippen molar-refractivity contribution in [2.24, 2.45) is 0 Å². The standard InChI is InChI=1S/C23H29N5O3S.C5H10O2/c1-23(2,3)31-22(30)28-27-21(29)25-14-17-6-4-16(5-7-17)8-9-19-15-32-20(26-19)18-10-12-24-13-11-18;1-5(2,3)7-4-6/h4-7,15,18,24H,10-14H2,1-3H3,(H,28,30)(H2,25,27,29);4H,1-3H3. The summed E-state index contributed by atoms with van der Waals surface area (Å²) in [5, 5.41) is 9.23. The number of nitrogens with one attached hydrogen (secondary N) is 4. The third-order valence-electron chi connectivity index (χ3n) is 5.03. The number of thiazole rings is 1. The van der Waals surface area contributed by atoms with Crippen molar-refractivity contribution in [1.29, 1.82) is 0 Å². The van der Waals surface area contributed by atoms with Crippen LogP contribution in [0.1, 0.15) is 82.1 Å². The largest absolute Gasteiger partial charge is 0.462 e. The number of hydrogen-bond acceptors (Lipinski definition) is 8. The molecule has 2 aromatic rings. The molecule has 1 aromatic heterocycles. The predicted octanol–water partition coefficient (Wildman–Crippen LogP) is 4.21. The Kier molecular flexibility index (Phi) is 12.2. The highest BCUT2D eigenvalue weighted by atomic mass is 32.1. The smallest absolute Gasteiger partial charge is 0.426 e. The zero-order valence-electron chi connectivity index (χ0n) is 23.5. The molecule has 10 nitrogen and oxygen atoms in total. The molecule has 1 aliphatic heterocycles. The van der Waals surface area contributed by atoms with Crippen LogP contribution in [-0.2, 0) is 20.8 Å². The van der Waals surface area contributed by atoms with Crippen LogP contribution in [0.25, 0.3) is 0 Å². The molecule has 0 aliphatic carbocycles. The Balaban J connectivity index is 0.000000673. The number of amides is 3. The maximum atomic E-state index is 11.8. The second kappa shape index (κ2) is 15.1. The Morgan fingerprint density at radius 1 is 1.05 bits per heavy atom. The van der Waals surface area contributed by atoms with Gasteiger partial charge in [-0.15, -0.1) is 11.3 Å². The number of carbonyl (C=O) groups excluding carboxylic acids is 3. The van der Waals surface area contributed by atoms with Crippen molar-refractivity contribution in [3.63, 3.8) is 0 Å². The molecule has 212 valence electrons. The Morgan fingerprint density at radius 2 is 1.72 bits per heavy atom. The zero-order chi connectivity index (χ0) is 28.9. The number of benzene rings is 1. The minimum Gasteiger partial charge on any atom is -0.462 e. The van der Waals surface area contributed by atoms with E-state index in [0.29, 0.717) is 18.9 Å². The van der Waals surface area contributed by atoms with E-state index in [4.69, 9.17) is 4.74 Å². The van der Waals surface area contributed by atoms with Gasteiger partial charge in [0.05, 0.1) is 5.01 Å². The highest BCUT2D eigenvalue weighted by molar-refractivity contribution is 7.09. The lowest BCUT2D eigenvalue weighted by atomic mass is 9.99. The molecule has 0 bridgehead atoms. The molecule has 1 aromatic carbocycles. The Labute approximate surface area is 234 Å². The fraction of sp³-hybridized carbons (Fsp3) is 0.500. The topological polar surface area (TPSA) is 131 Å². The van der Waals surface area contributed by atoms with Gasteiger partial charge in [0, 0.05) is 23.4 Å². The fourth-order valence-corrected chi connectivity index (χ4v) is 4.15. The molecule has 1 aliphatic rings. The highest BCUT2D eigenvalue weighted by Gasteiger charge is 2.18. The van der Waals surface area contributed by atoms with Gasteiger partial charge in [-0.2, -0.15) is 0 Å². The molecule has 11 heteroatoms. The molecular formula is C28H39N5O5S. The lowest BCUT2D eigenvalue weighted by Gasteiger charge is -2.20. The second-order valence-electron chi connectivity index (χ2n) is 10.8. The maximum absolute atomic E-state index is 11.8. The predicted molar refractivity (Wildman–Crippen MR) is 151 cm³/mol. The lowest BCUT2D eigenvalue weighted by molar-refractivity contribution is -0.138. The van der Waals surface area contributed by atoms with E-state index in [-0.39, 0.29) is 5.60 Å². The van der Waals surface area contributed by atoms with Gasteiger partial charge in [0.25, 0.3) is 6.47 Å². The molecular weight excluding hydrogens is 518 g/mol. The minimum atomic E-state index is -0.724. The summed E-state index contributed by atoms with van der Waals surface area (Å²) in [7, 11) is 0. The van der Waals surface area contributed by atoms with Crippen molar-refractivity contribution in [3.8, 4) is 11.8 Å². The van der Waals surface area contributed by atoms with Gasteiger partial charge in [0.1, 0.15) is 16.9 Å². The summed E-state index contributed by atoms with van der Waals surface area (Å²) in [6.07, 6.45) is 1.54. The molecule has 3 rings (SSSR count). The van der Waals surface area contributed by atoms with Crippen LogP contribution in [0.2, 0.25) is 0 Å². The van der Waals surface area contributed by atoms with Gasteiger partial charge in [-0.1, -0.05) is 18.1 Å². The Hall–Kier alpha value is -3.62. The first kappa shape index (κ1) is 31.6. The summed E-state index contributed by atoms with van der Waals surface area (Å²) in [6.45, 7) is 13.5. The first-order valence-electron chi connectivity index (χ1n) is 12.8. The van der Waals surface area contributed by atoms with Crippen LogP contribution in [0.4, 0.5) is 9.59 Å². The van der Waals surface area contributed by atoms with Gasteiger partial charge in [-0.3, -0.25) is 4.79 Å². The molecule has 3 amide bonds. The number of aromatic nitrogens is 1. The minimum absolute atomic E-state index is 0.307. The van der Waals surface area contributed by atoms with Crippen molar-refractivity contribution in [2.45, 2.75) is 78.0 Å². The normalized spacial score (nSPS) is 13.5. The summed E-state index contributed by atoms with van der Waals surface area (Å²) in [5.74, 6) is 6.82. The number of hydrogen-bond donors (Lipinski definition) is 4. The zero-order valence-corrected chi connectivity index (χ0v) is 24.3. The Bertz CT molecular complexity index is 1130. The van der Waals surface area contributed by atoms with E-state index >= 15 is 0 Å². The summed E-state index contributed by atoms with van der Waals surface area (Å²) in [5.41, 5.74) is 6.07. The van der Waals surface area contributed by atoms with E-state index in [1.807, 2.05) is 50.4 Å². The average Bonchev–Trinajstić information content (AvgIpc) is 3.34. The fourth-order valence-electron chi connectivity index (χ4n) is 3.23. The van der Waals surface area contributed by atoms with E-state index in [1.54, 1.807) is 32.1 Å². The molecule has 0 spiro atoms. The molecule has 0 atom stereocenters. The van der Waals surface area contributed by atoms with Gasteiger partial charge >= 0.3 is 12.1 Å². The summed E-state index contributed by atoms with van der Waals surface area (Å²) in [4.78, 5) is 37.6. The number of urea groups is 1. The second-order valence-corrected chi connectivity index (χ2v) is 11.7. The lowest BCUT2D eigenvalue weighted by Crippen LogP contribution is -2.48. The van der Waals surface area contributed by atoms with Crippen LogP contribution in [-0.4, -0.2) is 47.9 Å². The van der Waals surface area contributed by atoms with Crippen LogP contribution in [0.5, 0.6) is 0 Å². The maximum Gasteiger partial charge on any atom is 0.426 e. The van der Waals surface area contributed by atoms with Crippen molar-refractivity contribution in [1.82, 2.24) is 26.5 Å². The molecule has 0 radical (unpaired) electrons. The number of carbonyl (C=O) groups is 3. The number of piperidine rings is 1. The molecule has 1 fully saturated rings. The van der Waals surface area contributed by atoms with E-state index in [2.05, 4.69) is 43.0 Å². The van der Waals surface area contributed by atoms with Crippen LogP contribution in [0.3, 0.4) is 0 Å². The van der Waals surface area contributed by atoms with Crippen LogP contribution in [0.15, 0.2) is 29.6 Å². The summed E-state index contributed by atoms with van der Waals surface area (Å²) >= 11 is 1.69. The van der Waals surface area contributed by atoms with Crippen LogP contribution in [0, 0.1) is 11.8 Å². The molecule has 0 unspecified atom stereocenters. The third-order valence-corrected chi connectivity index (χ3v) is 6.04. The Morgan fingerprint density at radius 3 is 2.28 bits per heavy atom. The molecule has 4 N–H and O–H groups in total. The molecule has 2 heterocycles. The van der Waals surface area contributed by atoms with E-state index in [0.717, 1.165) is 42.8 Å². The van der Waals surface area contributed by atoms with Gasteiger partial charge in [-0.05, 0) is 91.1 Å². The average molecular weight is 558 g/mol. The monoisotopic (exact) mass is 557 g/mol. The number of rotatable bonds is 4. The number of nitrogens with zero attached hydrogens (tertiary/aromatic N) is 1. The molecule has 1 saturated heterocycles. The van der Waals surface area contributed by atoms with Crippen LogP contribution >= 0.6 is 11.3 Å². The van der Waals surface area contributed by atoms with Gasteiger partial charge < -0.3 is 20.1 Å². The van der Waals surface area contributed by atoms with Gasteiger partial charge in [-0.25, -0.2) is 25.4 Å². The van der Waals surface area contributed by atoms with Crippen molar-refractivity contribution in [3.05, 3.63) is 51.5 Å². The van der Waals surface area contributed by atoms with Crippen molar-refractivity contribution >= 4 is 29.9 Å². The summed E-state index contributed by atoms with van der Waals surface area (Å²) in [6, 6.07) is 7.06. The van der Waals surface area contributed by atoms with E-state index in [1.165, 1.54) is 5.01 Å². The quantitative estimate of drug-likeness (QED) is 0.252. The highest BCUT2D eigenvalue weighted by Crippen LogP contribution is 2.27. The summed E-state index contributed by atoms with van der Waals surface area (Å²) < 4.78 is 9.59. The first-order chi connectivity index (χ1) is 18.3. The third kappa shape index (κ3) is 13.7. The van der Waals surface area contributed by atoms with Gasteiger partial charge in [0.15, 0.2) is 0 Å². The number of ether oxygens (including phenoxy) is 2. The number of hydrazine groups is 1. The SMILES string of the molecule is CC(C)(C)OC(=O)NNC(=O)NCc1ccc(C#Cc2csc(C3CCNCC3)n2)cc1.CC(C)(C)OC=O. The van der Waals surface area contributed by atoms with Crippen molar-refractivity contribution < 1.29 is 23.9 Å². The van der Waals surface area contributed by atoms with Crippen LogP contribution < -0.4 is 21.5 Å². The van der Waals surface area contributed by atoms with Crippen molar-refractivity contribution in [2.75, 3.05) is 13.1 Å². The first-order valence-corrected chi connectivity index (χ1v) is 13.6. The van der Waals surface area contributed by atoms with E-state index in [9.17, 15) is 14.4 Å². The van der Waals surface area contributed by atoms with Gasteiger partial charge in [0.2, 0.25) is 0 Å². The van der Waals surface area contributed by atoms with E-state index < -0.39 is 17.7 Å². The molecule has 0 saturated carbocycles. The molecule has 39 heavy (non-hydrogen) atoms.